The second-order valence-corrected chi connectivity index (χ2v) is 6.58. The molecule has 0 spiro atoms. The van der Waals surface area contributed by atoms with Gasteiger partial charge in [-0.15, -0.1) is 0 Å². The maximum absolute atomic E-state index is 12.3. The molecule has 0 atom stereocenters. The van der Waals surface area contributed by atoms with E-state index in [4.69, 9.17) is 9.47 Å². The molecule has 0 heterocycles. The topological polar surface area (TPSA) is 94.2 Å². The summed E-state index contributed by atoms with van der Waals surface area (Å²) in [7, 11) is 1.57. The molecule has 172 valence electrons. The lowest BCUT2D eigenvalue weighted by Crippen LogP contribution is -2.34. The lowest BCUT2D eigenvalue weighted by atomic mass is 10.2. The van der Waals surface area contributed by atoms with Gasteiger partial charge in [-0.3, -0.25) is 14.4 Å². The van der Waals surface area contributed by atoms with E-state index < -0.39 is 37.5 Å². The number of carbonyl (C=O) groups excluding carboxylic acids is 3. The van der Waals surface area contributed by atoms with Crippen molar-refractivity contribution in [1.29, 1.82) is 0 Å². The van der Waals surface area contributed by atoms with Crippen LogP contribution in [0.3, 0.4) is 0 Å². The Kier molecular flexibility index (Phi) is 9.40. The third-order valence-electron chi connectivity index (χ3n) is 4.15. The summed E-state index contributed by atoms with van der Waals surface area (Å²) in [5, 5.41) is 2.29. The first-order valence-electron chi connectivity index (χ1n) is 9.73. The van der Waals surface area contributed by atoms with Crippen LogP contribution in [0.5, 0.6) is 11.5 Å². The van der Waals surface area contributed by atoms with Crippen molar-refractivity contribution < 1.29 is 37.4 Å². The molecule has 0 radical (unpaired) electrons. The number of rotatable bonds is 11. The zero-order chi connectivity index (χ0) is 23.5. The number of hydrogen-bond acceptors (Lipinski definition) is 6. The van der Waals surface area contributed by atoms with Gasteiger partial charge < -0.3 is 24.4 Å². The number of nitrogens with one attached hydrogen (secondary N) is 1. The number of carbonyl (C=O) groups is 3. The SMILES string of the molecule is CCOc1ccc(CN(C)C(=O)COC(=O)CNC(=O)c2cccc(OC(F)F)c2)cc1. The Labute approximate surface area is 184 Å². The first kappa shape index (κ1) is 24.6. The van der Waals surface area contributed by atoms with Gasteiger partial charge >= 0.3 is 12.6 Å². The Hall–Kier alpha value is -3.69. The van der Waals surface area contributed by atoms with Crippen LogP contribution in [-0.2, 0) is 20.9 Å². The monoisotopic (exact) mass is 450 g/mol. The van der Waals surface area contributed by atoms with E-state index in [9.17, 15) is 23.2 Å². The standard InChI is InChI=1S/C22H24F2N2O6/c1-3-30-17-9-7-15(8-10-17)13-26(2)19(27)14-31-20(28)12-25-21(29)16-5-4-6-18(11-16)32-22(23)24/h4-11,22H,3,12-14H2,1-2H3,(H,25,29). The van der Waals surface area contributed by atoms with Gasteiger partial charge in [0.05, 0.1) is 6.61 Å². The zero-order valence-corrected chi connectivity index (χ0v) is 17.7. The number of alkyl halides is 2. The summed E-state index contributed by atoms with van der Waals surface area (Å²) in [5.41, 5.74) is 0.906. The van der Waals surface area contributed by atoms with Crippen LogP contribution in [0.1, 0.15) is 22.8 Å². The highest BCUT2D eigenvalue weighted by molar-refractivity contribution is 5.96. The maximum Gasteiger partial charge on any atom is 0.387 e. The molecule has 2 rings (SSSR count). The van der Waals surface area contributed by atoms with Crippen molar-refractivity contribution in [2.75, 3.05) is 26.8 Å². The molecule has 32 heavy (non-hydrogen) atoms. The molecule has 2 aromatic rings. The van der Waals surface area contributed by atoms with Gasteiger partial charge in [0.25, 0.3) is 11.8 Å². The van der Waals surface area contributed by atoms with E-state index in [1.165, 1.54) is 23.1 Å². The average Bonchev–Trinajstić information content (AvgIpc) is 2.77. The average molecular weight is 450 g/mol. The Balaban J connectivity index is 1.74. The molecule has 0 saturated carbocycles. The summed E-state index contributed by atoms with van der Waals surface area (Å²) in [6.45, 7) is -1.24. The van der Waals surface area contributed by atoms with Crippen LogP contribution < -0.4 is 14.8 Å². The molecule has 0 bridgehead atoms. The zero-order valence-electron chi connectivity index (χ0n) is 17.7. The van der Waals surface area contributed by atoms with E-state index >= 15 is 0 Å². The highest BCUT2D eigenvalue weighted by atomic mass is 19.3. The fourth-order valence-corrected chi connectivity index (χ4v) is 2.59. The molecule has 0 aliphatic heterocycles. The first-order valence-corrected chi connectivity index (χ1v) is 9.73. The van der Waals surface area contributed by atoms with Gasteiger partial charge in [0.15, 0.2) is 6.61 Å². The number of esters is 1. The third-order valence-corrected chi connectivity index (χ3v) is 4.15. The first-order chi connectivity index (χ1) is 15.3. The van der Waals surface area contributed by atoms with E-state index in [0.717, 1.165) is 17.4 Å². The minimum Gasteiger partial charge on any atom is -0.494 e. The largest absolute Gasteiger partial charge is 0.494 e. The summed E-state index contributed by atoms with van der Waals surface area (Å²) in [6.07, 6.45) is 0. The van der Waals surface area contributed by atoms with Crippen molar-refractivity contribution >= 4 is 17.8 Å². The molecular formula is C22H24F2N2O6. The lowest BCUT2D eigenvalue weighted by Gasteiger charge is -2.17. The molecule has 0 fully saturated rings. The highest BCUT2D eigenvalue weighted by Crippen LogP contribution is 2.16. The molecule has 0 aromatic heterocycles. The molecule has 0 saturated heterocycles. The summed E-state index contributed by atoms with van der Waals surface area (Å²) in [4.78, 5) is 37.5. The van der Waals surface area contributed by atoms with Crippen molar-refractivity contribution in [2.24, 2.45) is 0 Å². The Bertz CT molecular complexity index is 921. The van der Waals surface area contributed by atoms with Crippen molar-refractivity contribution in [1.82, 2.24) is 10.2 Å². The van der Waals surface area contributed by atoms with Crippen LogP contribution in [0, 0.1) is 0 Å². The van der Waals surface area contributed by atoms with E-state index in [2.05, 4.69) is 10.1 Å². The summed E-state index contributed by atoms with van der Waals surface area (Å²) >= 11 is 0. The van der Waals surface area contributed by atoms with Crippen molar-refractivity contribution in [3.8, 4) is 11.5 Å². The highest BCUT2D eigenvalue weighted by Gasteiger charge is 2.15. The fourth-order valence-electron chi connectivity index (χ4n) is 2.59. The molecular weight excluding hydrogens is 426 g/mol. The smallest absolute Gasteiger partial charge is 0.387 e. The van der Waals surface area contributed by atoms with E-state index in [0.29, 0.717) is 13.2 Å². The lowest BCUT2D eigenvalue weighted by molar-refractivity contribution is -0.150. The van der Waals surface area contributed by atoms with Crippen LogP contribution in [0.4, 0.5) is 8.78 Å². The molecule has 0 aliphatic carbocycles. The number of amides is 2. The van der Waals surface area contributed by atoms with Gasteiger partial charge in [0.2, 0.25) is 0 Å². The molecule has 2 amide bonds. The number of hydrogen-bond donors (Lipinski definition) is 1. The van der Waals surface area contributed by atoms with Gasteiger partial charge in [0.1, 0.15) is 18.0 Å². The third kappa shape index (κ3) is 8.21. The van der Waals surface area contributed by atoms with Crippen LogP contribution in [0.15, 0.2) is 48.5 Å². The predicted octanol–water partition coefficient (Wildman–Crippen LogP) is 2.62. The molecule has 0 unspecified atom stereocenters. The van der Waals surface area contributed by atoms with Crippen LogP contribution >= 0.6 is 0 Å². The van der Waals surface area contributed by atoms with Crippen LogP contribution in [0.25, 0.3) is 0 Å². The fraction of sp³-hybridized carbons (Fsp3) is 0.318. The van der Waals surface area contributed by atoms with Gasteiger partial charge in [-0.05, 0) is 42.8 Å². The summed E-state index contributed by atoms with van der Waals surface area (Å²) in [5.74, 6) is -1.37. The molecule has 8 nitrogen and oxygen atoms in total. The number of halogens is 2. The number of nitrogens with zero attached hydrogens (tertiary/aromatic N) is 1. The second kappa shape index (κ2) is 12.2. The van der Waals surface area contributed by atoms with Gasteiger partial charge in [-0.25, -0.2) is 0 Å². The minimum absolute atomic E-state index is 0.0297. The minimum atomic E-state index is -3.02. The van der Waals surface area contributed by atoms with E-state index in [-0.39, 0.29) is 11.3 Å². The normalized spacial score (nSPS) is 10.4. The number of ether oxygens (including phenoxy) is 3. The van der Waals surface area contributed by atoms with Gasteiger partial charge in [-0.2, -0.15) is 8.78 Å². The van der Waals surface area contributed by atoms with Crippen LogP contribution in [-0.4, -0.2) is 56.1 Å². The summed E-state index contributed by atoms with van der Waals surface area (Å²) in [6, 6.07) is 12.4. The van der Waals surface area contributed by atoms with Gasteiger partial charge in [-0.1, -0.05) is 18.2 Å². The quantitative estimate of drug-likeness (QED) is 0.529. The molecule has 10 heteroatoms. The summed E-state index contributed by atoms with van der Waals surface area (Å²) < 4.78 is 39.0. The molecule has 2 aromatic carbocycles. The van der Waals surface area contributed by atoms with Crippen molar-refractivity contribution in [2.45, 2.75) is 20.1 Å². The molecule has 0 aliphatic rings. The Morgan fingerprint density at radius 2 is 1.78 bits per heavy atom. The Morgan fingerprint density at radius 1 is 1.06 bits per heavy atom. The molecule has 1 N–H and O–H groups in total. The Morgan fingerprint density at radius 3 is 2.44 bits per heavy atom. The van der Waals surface area contributed by atoms with E-state index in [1.54, 1.807) is 19.2 Å². The predicted molar refractivity (Wildman–Crippen MR) is 110 cm³/mol. The number of likely N-dealkylation sites (N-methyl/N-ethyl adjacent to an activating group) is 1. The van der Waals surface area contributed by atoms with E-state index in [1.807, 2.05) is 19.1 Å². The number of benzene rings is 2. The van der Waals surface area contributed by atoms with Gasteiger partial charge in [0, 0.05) is 19.2 Å². The van der Waals surface area contributed by atoms with Crippen molar-refractivity contribution in [3.05, 3.63) is 59.7 Å². The van der Waals surface area contributed by atoms with Crippen LogP contribution in [0.2, 0.25) is 0 Å². The second-order valence-electron chi connectivity index (χ2n) is 6.58. The maximum atomic E-state index is 12.3. The van der Waals surface area contributed by atoms with Crippen molar-refractivity contribution in [3.63, 3.8) is 0 Å².